The Morgan fingerprint density at radius 3 is 2.67 bits per heavy atom. The summed E-state index contributed by atoms with van der Waals surface area (Å²) in [5, 5.41) is 11.0. The molecule has 1 aliphatic rings. The summed E-state index contributed by atoms with van der Waals surface area (Å²) in [6, 6.07) is 4.95. The molecule has 9 heteroatoms. The number of hydrogen-bond donors (Lipinski definition) is 2. The molecular weight excluding hydrogens is 314 g/mol. The standard InChI is InChI=1S/C12H15N3O4S2/c1-7(11(16)17)20-12-13-9-5-4-8(15(2)3)6-10(9)21(18,19)14-12/h4-7H,1-3H3,(H,13,14)(H,16,17). The number of aliphatic carboxylic acids is 1. The maximum absolute atomic E-state index is 12.2. The van der Waals surface area contributed by atoms with Gasteiger partial charge in [-0.25, -0.2) is 0 Å². The monoisotopic (exact) mass is 329 g/mol. The number of hydrogen-bond acceptors (Lipinski definition) is 6. The second-order valence-corrected chi connectivity index (χ2v) is 7.57. The molecule has 1 atom stereocenters. The summed E-state index contributed by atoms with van der Waals surface area (Å²) in [4.78, 5) is 12.7. The smallest absolute Gasteiger partial charge is 0.316 e. The number of rotatable bonds is 3. The van der Waals surface area contributed by atoms with Crippen molar-refractivity contribution in [1.82, 2.24) is 0 Å². The van der Waals surface area contributed by atoms with Crippen LogP contribution in [0.4, 0.5) is 11.4 Å². The third-order valence-electron chi connectivity index (χ3n) is 2.84. The number of thioether (sulfide) groups is 1. The quantitative estimate of drug-likeness (QED) is 0.865. The lowest BCUT2D eigenvalue weighted by molar-refractivity contribution is -0.136. The fourth-order valence-electron chi connectivity index (χ4n) is 1.67. The number of nitrogens with zero attached hydrogens (tertiary/aromatic N) is 2. The summed E-state index contributed by atoms with van der Waals surface area (Å²) in [6.07, 6.45) is 0. The Bertz CT molecular complexity index is 713. The van der Waals surface area contributed by atoms with Crippen molar-refractivity contribution in [2.45, 2.75) is 17.1 Å². The first kappa shape index (κ1) is 15.6. The molecule has 0 saturated heterocycles. The Morgan fingerprint density at radius 2 is 2.10 bits per heavy atom. The molecule has 2 N–H and O–H groups in total. The van der Waals surface area contributed by atoms with Crippen molar-refractivity contribution < 1.29 is 18.3 Å². The van der Waals surface area contributed by atoms with E-state index >= 15 is 0 Å². The van der Waals surface area contributed by atoms with E-state index in [-0.39, 0.29) is 10.1 Å². The fourth-order valence-corrected chi connectivity index (χ4v) is 3.77. The minimum atomic E-state index is -3.83. The first-order valence-electron chi connectivity index (χ1n) is 6.03. The molecule has 114 valence electrons. The van der Waals surface area contributed by atoms with E-state index < -0.39 is 21.2 Å². The topological polar surface area (TPSA) is 99.1 Å². The highest BCUT2D eigenvalue weighted by Crippen LogP contribution is 2.33. The zero-order valence-electron chi connectivity index (χ0n) is 11.7. The maximum Gasteiger partial charge on any atom is 0.316 e. The Labute approximate surface area is 127 Å². The van der Waals surface area contributed by atoms with Crippen LogP contribution in [0.3, 0.4) is 0 Å². The van der Waals surface area contributed by atoms with Gasteiger partial charge >= 0.3 is 5.97 Å². The van der Waals surface area contributed by atoms with Gasteiger partial charge in [0, 0.05) is 19.8 Å². The molecule has 2 rings (SSSR count). The van der Waals surface area contributed by atoms with E-state index in [1.165, 1.54) is 13.0 Å². The average molecular weight is 329 g/mol. The summed E-state index contributed by atoms with van der Waals surface area (Å²) in [6.45, 7) is 1.47. The Morgan fingerprint density at radius 1 is 1.43 bits per heavy atom. The summed E-state index contributed by atoms with van der Waals surface area (Å²) < 4.78 is 28.0. The van der Waals surface area contributed by atoms with Crippen LogP contribution in [0.25, 0.3) is 0 Å². The lowest BCUT2D eigenvalue weighted by Gasteiger charge is -2.21. The second-order valence-electron chi connectivity index (χ2n) is 4.67. The molecule has 0 spiro atoms. The van der Waals surface area contributed by atoms with Crippen LogP contribution in [-0.4, -0.2) is 44.0 Å². The van der Waals surface area contributed by atoms with Crippen LogP contribution >= 0.6 is 11.8 Å². The van der Waals surface area contributed by atoms with E-state index in [9.17, 15) is 13.2 Å². The van der Waals surface area contributed by atoms with Crippen LogP contribution in [0, 0.1) is 0 Å². The minimum absolute atomic E-state index is 0.0648. The van der Waals surface area contributed by atoms with Crippen LogP contribution in [0.1, 0.15) is 6.92 Å². The average Bonchev–Trinajstić information content (AvgIpc) is 2.37. The van der Waals surface area contributed by atoms with Crippen molar-refractivity contribution in [3.63, 3.8) is 0 Å². The van der Waals surface area contributed by atoms with Gasteiger partial charge in [-0.05, 0) is 25.1 Å². The molecule has 0 aromatic heterocycles. The number of nitrogens with one attached hydrogen (secondary N) is 1. The van der Waals surface area contributed by atoms with Gasteiger partial charge in [0.1, 0.15) is 10.1 Å². The van der Waals surface area contributed by atoms with E-state index in [0.29, 0.717) is 5.69 Å². The first-order chi connectivity index (χ1) is 9.70. The van der Waals surface area contributed by atoms with Crippen molar-refractivity contribution in [3.05, 3.63) is 18.2 Å². The van der Waals surface area contributed by atoms with Gasteiger partial charge in [0.05, 0.1) is 5.69 Å². The van der Waals surface area contributed by atoms with Crippen LogP contribution in [-0.2, 0) is 14.8 Å². The molecule has 0 bridgehead atoms. The summed E-state index contributed by atoms with van der Waals surface area (Å²) >= 11 is 0.855. The molecule has 7 nitrogen and oxygen atoms in total. The van der Waals surface area contributed by atoms with Gasteiger partial charge < -0.3 is 15.3 Å². The highest BCUT2D eigenvalue weighted by atomic mass is 32.2. The maximum atomic E-state index is 12.2. The highest BCUT2D eigenvalue weighted by Gasteiger charge is 2.27. The summed E-state index contributed by atoms with van der Waals surface area (Å²) in [5.74, 6) is -1.03. The number of anilines is 2. The predicted molar refractivity (Wildman–Crippen MR) is 83.7 cm³/mol. The molecule has 0 fully saturated rings. The molecular formula is C12H15N3O4S2. The van der Waals surface area contributed by atoms with E-state index in [2.05, 4.69) is 9.71 Å². The van der Waals surface area contributed by atoms with Gasteiger partial charge in [-0.15, -0.1) is 4.40 Å². The minimum Gasteiger partial charge on any atom is -0.480 e. The van der Waals surface area contributed by atoms with Crippen molar-refractivity contribution >= 4 is 44.3 Å². The molecule has 0 aliphatic carbocycles. The van der Waals surface area contributed by atoms with Crippen molar-refractivity contribution in [3.8, 4) is 0 Å². The van der Waals surface area contributed by atoms with Gasteiger partial charge in [-0.1, -0.05) is 11.8 Å². The molecule has 0 radical (unpaired) electrons. The van der Waals surface area contributed by atoms with E-state index in [0.717, 1.165) is 17.4 Å². The van der Waals surface area contributed by atoms with E-state index in [1.54, 1.807) is 17.0 Å². The largest absolute Gasteiger partial charge is 0.480 e. The number of benzene rings is 1. The Kier molecular flexibility index (Phi) is 4.15. The normalized spacial score (nSPS) is 17.2. The van der Waals surface area contributed by atoms with Gasteiger partial charge in [-0.2, -0.15) is 8.42 Å². The zero-order chi connectivity index (χ0) is 15.8. The van der Waals surface area contributed by atoms with Crippen molar-refractivity contribution in [2.75, 3.05) is 24.3 Å². The fraction of sp³-hybridized carbons (Fsp3) is 0.333. The third-order valence-corrected chi connectivity index (χ3v) is 5.24. The lowest BCUT2D eigenvalue weighted by atomic mass is 10.2. The third kappa shape index (κ3) is 3.30. The number of fused-ring (bicyclic) bond motifs is 1. The van der Waals surface area contributed by atoms with Crippen molar-refractivity contribution in [2.24, 2.45) is 4.40 Å². The zero-order valence-corrected chi connectivity index (χ0v) is 13.3. The Hall–Kier alpha value is -1.74. The lowest BCUT2D eigenvalue weighted by Crippen LogP contribution is -2.23. The molecule has 1 aliphatic heterocycles. The van der Waals surface area contributed by atoms with Crippen LogP contribution in [0.2, 0.25) is 0 Å². The molecule has 0 amide bonds. The molecule has 1 aromatic carbocycles. The van der Waals surface area contributed by atoms with Crippen molar-refractivity contribution in [1.29, 1.82) is 0 Å². The second kappa shape index (κ2) is 5.57. The van der Waals surface area contributed by atoms with Gasteiger partial charge in [0.25, 0.3) is 10.0 Å². The first-order valence-corrected chi connectivity index (χ1v) is 8.35. The van der Waals surface area contributed by atoms with Gasteiger partial charge in [0.15, 0.2) is 5.17 Å². The van der Waals surface area contributed by atoms with E-state index in [4.69, 9.17) is 5.11 Å². The summed E-state index contributed by atoms with van der Waals surface area (Å²) in [7, 11) is -0.215. The molecule has 1 heterocycles. The van der Waals surface area contributed by atoms with Crippen LogP contribution in [0.5, 0.6) is 0 Å². The highest BCUT2D eigenvalue weighted by molar-refractivity contribution is 8.15. The number of carboxylic acid groups (broad SMARTS) is 1. The van der Waals surface area contributed by atoms with Crippen LogP contribution in [0.15, 0.2) is 27.5 Å². The van der Waals surface area contributed by atoms with E-state index in [1.807, 2.05) is 14.1 Å². The molecule has 0 saturated carbocycles. The molecule has 1 unspecified atom stereocenters. The molecule has 1 aromatic rings. The Balaban J connectivity index is 2.38. The number of amidine groups is 1. The number of sulfonamides is 1. The summed E-state index contributed by atoms with van der Waals surface area (Å²) in [5.41, 5.74) is 1.14. The SMILES string of the molecule is CC(SC1=NS(=O)(=O)c2cc(N(C)C)ccc2N1)C(=O)O. The van der Waals surface area contributed by atoms with Crippen LogP contribution < -0.4 is 10.2 Å². The number of carbonyl (C=O) groups is 1. The number of carboxylic acids is 1. The van der Waals surface area contributed by atoms with Gasteiger partial charge in [-0.3, -0.25) is 4.79 Å². The van der Waals surface area contributed by atoms with Gasteiger partial charge in [0.2, 0.25) is 0 Å². The molecule has 21 heavy (non-hydrogen) atoms. The predicted octanol–water partition coefficient (Wildman–Crippen LogP) is 1.43.